The van der Waals surface area contributed by atoms with Crippen LogP contribution in [0.4, 0.5) is 4.39 Å². The molecule has 1 aromatic rings. The molecule has 1 N–H and O–H groups in total. The zero-order valence-electron chi connectivity index (χ0n) is 16.9. The van der Waals surface area contributed by atoms with Crippen molar-refractivity contribution >= 4 is 11.9 Å². The van der Waals surface area contributed by atoms with Crippen molar-refractivity contribution in [3.63, 3.8) is 0 Å². The minimum Gasteiger partial charge on any atom is -0.464 e. The summed E-state index contributed by atoms with van der Waals surface area (Å²) in [5.74, 6) is -1.32. The molecule has 0 aliphatic heterocycles. The van der Waals surface area contributed by atoms with Crippen molar-refractivity contribution in [2.45, 2.75) is 78.2 Å². The van der Waals surface area contributed by atoms with Gasteiger partial charge in [-0.15, -0.1) is 0 Å². The molecule has 0 heterocycles. The van der Waals surface area contributed by atoms with Gasteiger partial charge in [0.2, 0.25) is 0 Å². The summed E-state index contributed by atoms with van der Waals surface area (Å²) in [5.41, 5.74) is 0.318. The van der Waals surface area contributed by atoms with Crippen LogP contribution in [0.1, 0.15) is 82.5 Å². The van der Waals surface area contributed by atoms with E-state index in [0.29, 0.717) is 12.2 Å². The minimum atomic E-state index is -0.711. The fourth-order valence-corrected chi connectivity index (χ4v) is 2.82. The van der Waals surface area contributed by atoms with Crippen LogP contribution in [0.2, 0.25) is 0 Å². The molecule has 0 bridgehead atoms. The third-order valence-electron chi connectivity index (χ3n) is 4.56. The molecule has 0 saturated heterocycles. The van der Waals surface area contributed by atoms with Gasteiger partial charge in [0.15, 0.2) is 0 Å². The summed E-state index contributed by atoms with van der Waals surface area (Å²) < 4.78 is 18.3. The molecule has 0 aliphatic rings. The van der Waals surface area contributed by atoms with Gasteiger partial charge in [0.05, 0.1) is 6.61 Å². The minimum absolute atomic E-state index is 0.0968. The lowest BCUT2D eigenvalue weighted by Gasteiger charge is -2.21. The number of esters is 1. The molecule has 0 spiro atoms. The maximum absolute atomic E-state index is 13.0. The van der Waals surface area contributed by atoms with Gasteiger partial charge in [-0.2, -0.15) is 0 Å². The Kier molecular flexibility index (Phi) is 11.4. The monoisotopic (exact) mass is 379 g/mol. The highest BCUT2D eigenvalue weighted by Crippen LogP contribution is 2.10. The summed E-state index contributed by atoms with van der Waals surface area (Å²) in [6.45, 7) is 6.30. The van der Waals surface area contributed by atoms with E-state index in [1.54, 1.807) is 0 Å². The van der Waals surface area contributed by atoms with Crippen molar-refractivity contribution in [3.05, 3.63) is 35.6 Å². The Hall–Kier alpha value is -1.91. The van der Waals surface area contributed by atoms with Gasteiger partial charge in [-0.1, -0.05) is 65.7 Å². The van der Waals surface area contributed by atoms with E-state index in [-0.39, 0.29) is 5.92 Å². The van der Waals surface area contributed by atoms with E-state index in [1.807, 2.05) is 13.8 Å². The van der Waals surface area contributed by atoms with E-state index in [9.17, 15) is 14.0 Å². The quantitative estimate of drug-likeness (QED) is 0.375. The molecule has 4 nitrogen and oxygen atoms in total. The molecular formula is C22H34FNO3. The van der Waals surface area contributed by atoms with Crippen molar-refractivity contribution in [2.75, 3.05) is 6.61 Å². The number of carbonyl (C=O) groups is 2. The lowest BCUT2D eigenvalue weighted by Crippen LogP contribution is -2.45. The number of rotatable bonds is 13. The summed E-state index contributed by atoms with van der Waals surface area (Å²) in [5, 5.41) is 2.70. The van der Waals surface area contributed by atoms with Crippen LogP contribution in [-0.2, 0) is 9.53 Å². The lowest BCUT2D eigenvalue weighted by atomic mass is 10.0. The molecule has 152 valence electrons. The smallest absolute Gasteiger partial charge is 0.328 e. The average Bonchev–Trinajstić information content (AvgIpc) is 2.64. The molecule has 0 fully saturated rings. The van der Waals surface area contributed by atoms with Gasteiger partial charge < -0.3 is 10.1 Å². The summed E-state index contributed by atoms with van der Waals surface area (Å²) in [4.78, 5) is 24.6. The molecule has 1 amide bonds. The van der Waals surface area contributed by atoms with Crippen LogP contribution in [0, 0.1) is 11.7 Å². The SMILES string of the molecule is CCCCCCCCCCOC(=O)C(NC(=O)c1ccc(F)cc1)C(C)C. The maximum Gasteiger partial charge on any atom is 0.328 e. The molecule has 1 rings (SSSR count). The van der Waals surface area contributed by atoms with Crippen molar-refractivity contribution in [1.29, 1.82) is 0 Å². The second kappa shape index (κ2) is 13.3. The first-order valence-electron chi connectivity index (χ1n) is 10.2. The number of carbonyl (C=O) groups excluding carboxylic acids is 2. The van der Waals surface area contributed by atoms with Gasteiger partial charge in [-0.05, 0) is 36.6 Å². The average molecular weight is 380 g/mol. The van der Waals surface area contributed by atoms with Crippen molar-refractivity contribution in [1.82, 2.24) is 5.32 Å². The lowest BCUT2D eigenvalue weighted by molar-refractivity contribution is -0.147. The number of ether oxygens (including phenoxy) is 1. The molecule has 0 radical (unpaired) electrons. The topological polar surface area (TPSA) is 55.4 Å². The van der Waals surface area contributed by atoms with E-state index in [2.05, 4.69) is 12.2 Å². The van der Waals surface area contributed by atoms with Crippen LogP contribution < -0.4 is 5.32 Å². The van der Waals surface area contributed by atoms with E-state index >= 15 is 0 Å². The van der Waals surface area contributed by atoms with E-state index < -0.39 is 23.7 Å². The van der Waals surface area contributed by atoms with E-state index in [0.717, 1.165) is 19.3 Å². The van der Waals surface area contributed by atoms with Crippen LogP contribution in [0.25, 0.3) is 0 Å². The molecule has 1 unspecified atom stereocenters. The number of amides is 1. The van der Waals surface area contributed by atoms with Gasteiger partial charge >= 0.3 is 5.97 Å². The Labute approximate surface area is 162 Å². The number of hydrogen-bond acceptors (Lipinski definition) is 3. The van der Waals surface area contributed by atoms with Crippen molar-refractivity contribution in [2.24, 2.45) is 5.92 Å². The van der Waals surface area contributed by atoms with Crippen molar-refractivity contribution in [3.8, 4) is 0 Å². The molecule has 5 heteroatoms. The molecule has 0 saturated carbocycles. The highest BCUT2D eigenvalue weighted by atomic mass is 19.1. The first-order valence-corrected chi connectivity index (χ1v) is 10.2. The first kappa shape index (κ1) is 23.1. The van der Waals surface area contributed by atoms with Crippen LogP contribution in [0.5, 0.6) is 0 Å². The molecule has 1 aromatic carbocycles. The number of hydrogen-bond donors (Lipinski definition) is 1. The van der Waals surface area contributed by atoms with Gasteiger partial charge in [0.1, 0.15) is 11.9 Å². The predicted octanol–water partition coefficient (Wildman–Crippen LogP) is 5.26. The van der Waals surface area contributed by atoms with E-state index in [4.69, 9.17) is 4.74 Å². The zero-order valence-corrected chi connectivity index (χ0v) is 16.9. The standard InChI is InChI=1S/C22H34FNO3/c1-4-5-6-7-8-9-10-11-16-27-22(26)20(17(2)3)24-21(25)18-12-14-19(23)15-13-18/h12-15,17,20H,4-11,16H2,1-3H3,(H,24,25). The highest BCUT2D eigenvalue weighted by Gasteiger charge is 2.26. The summed E-state index contributed by atoms with van der Waals surface area (Å²) in [6.07, 6.45) is 9.42. The Morgan fingerprint density at radius 3 is 2.07 bits per heavy atom. The maximum atomic E-state index is 13.0. The Morgan fingerprint density at radius 2 is 1.52 bits per heavy atom. The molecular weight excluding hydrogens is 345 g/mol. The van der Waals surface area contributed by atoms with Crippen LogP contribution in [-0.4, -0.2) is 24.5 Å². The van der Waals surface area contributed by atoms with Crippen LogP contribution in [0.15, 0.2) is 24.3 Å². The van der Waals surface area contributed by atoms with Crippen LogP contribution >= 0.6 is 0 Å². The fraction of sp³-hybridized carbons (Fsp3) is 0.636. The normalized spacial score (nSPS) is 12.0. The first-order chi connectivity index (χ1) is 13.0. The molecule has 0 aliphatic carbocycles. The Balaban J connectivity index is 2.32. The number of unbranched alkanes of at least 4 members (excludes halogenated alkanes) is 7. The van der Waals surface area contributed by atoms with E-state index in [1.165, 1.54) is 56.4 Å². The second-order valence-corrected chi connectivity index (χ2v) is 7.34. The summed E-state index contributed by atoms with van der Waals surface area (Å²) in [6, 6.07) is 4.53. The molecule has 1 atom stereocenters. The van der Waals surface area contributed by atoms with Crippen LogP contribution in [0.3, 0.4) is 0 Å². The second-order valence-electron chi connectivity index (χ2n) is 7.34. The van der Waals surface area contributed by atoms with Gasteiger partial charge in [-0.25, -0.2) is 9.18 Å². The van der Waals surface area contributed by atoms with Crippen molar-refractivity contribution < 1.29 is 18.7 Å². The third-order valence-corrected chi connectivity index (χ3v) is 4.56. The molecule has 27 heavy (non-hydrogen) atoms. The summed E-state index contributed by atoms with van der Waals surface area (Å²) >= 11 is 0. The predicted molar refractivity (Wildman–Crippen MR) is 106 cm³/mol. The largest absolute Gasteiger partial charge is 0.464 e. The molecule has 0 aromatic heterocycles. The Bertz CT molecular complexity index is 557. The highest BCUT2D eigenvalue weighted by molar-refractivity contribution is 5.96. The number of halogens is 1. The zero-order chi connectivity index (χ0) is 20.1. The van der Waals surface area contributed by atoms with Gasteiger partial charge in [-0.3, -0.25) is 4.79 Å². The van der Waals surface area contributed by atoms with Gasteiger partial charge in [0, 0.05) is 5.56 Å². The fourth-order valence-electron chi connectivity index (χ4n) is 2.82. The number of nitrogens with one attached hydrogen (secondary N) is 1. The van der Waals surface area contributed by atoms with Gasteiger partial charge in [0.25, 0.3) is 5.91 Å². The summed E-state index contributed by atoms with van der Waals surface area (Å²) in [7, 11) is 0. The third kappa shape index (κ3) is 9.55. The number of benzene rings is 1. The Morgan fingerprint density at radius 1 is 0.963 bits per heavy atom.